The van der Waals surface area contributed by atoms with E-state index in [2.05, 4.69) is 19.2 Å². The van der Waals surface area contributed by atoms with Crippen LogP contribution in [0, 0.1) is 11.8 Å². The van der Waals surface area contributed by atoms with Gasteiger partial charge in [-0.3, -0.25) is 14.4 Å². The van der Waals surface area contributed by atoms with E-state index in [0.29, 0.717) is 12.5 Å². The summed E-state index contributed by atoms with van der Waals surface area (Å²) < 4.78 is 4.91. The molecule has 1 N–H and O–H groups in total. The Hall–Kier alpha value is -1.14. The zero-order valence-corrected chi connectivity index (χ0v) is 13.2. The predicted octanol–water partition coefficient (Wildman–Crippen LogP) is 1.11. The Kier molecular flexibility index (Phi) is 5.22. The summed E-state index contributed by atoms with van der Waals surface area (Å²) in [6.07, 6.45) is 2.52. The van der Waals surface area contributed by atoms with Crippen LogP contribution < -0.4 is 5.32 Å². The molecule has 2 aliphatic heterocycles. The molecule has 2 rings (SSSR count). The monoisotopic (exact) mass is 298 g/mol. The van der Waals surface area contributed by atoms with Crippen molar-refractivity contribution < 1.29 is 19.2 Å². The Labute approximate surface area is 126 Å². The van der Waals surface area contributed by atoms with Gasteiger partial charge in [0, 0.05) is 6.42 Å². The molecule has 0 aromatic heterocycles. The minimum atomic E-state index is -0.535. The molecule has 6 nitrogen and oxygen atoms in total. The lowest BCUT2D eigenvalue weighted by molar-refractivity contribution is -0.221. The van der Waals surface area contributed by atoms with Gasteiger partial charge in [-0.05, 0) is 38.3 Å². The van der Waals surface area contributed by atoms with Crippen LogP contribution in [0.3, 0.4) is 0 Å². The van der Waals surface area contributed by atoms with Crippen molar-refractivity contribution in [2.45, 2.75) is 45.1 Å². The zero-order valence-electron chi connectivity index (χ0n) is 13.2. The fourth-order valence-corrected chi connectivity index (χ4v) is 3.27. The van der Waals surface area contributed by atoms with Crippen molar-refractivity contribution in [3.63, 3.8) is 0 Å². The van der Waals surface area contributed by atoms with E-state index in [4.69, 9.17) is 9.57 Å². The van der Waals surface area contributed by atoms with Crippen LogP contribution in [-0.4, -0.2) is 49.3 Å². The third-order valence-corrected chi connectivity index (χ3v) is 4.53. The fourth-order valence-electron chi connectivity index (χ4n) is 3.27. The van der Waals surface area contributed by atoms with E-state index in [-0.39, 0.29) is 18.3 Å². The van der Waals surface area contributed by atoms with Gasteiger partial charge in [-0.25, -0.2) is 5.06 Å². The van der Waals surface area contributed by atoms with Crippen LogP contribution in [0.15, 0.2) is 0 Å². The number of amides is 1. The van der Waals surface area contributed by atoms with E-state index in [1.54, 1.807) is 0 Å². The number of piperidine rings is 1. The molecule has 1 atom stereocenters. The number of hydrogen-bond acceptors (Lipinski definition) is 5. The number of carbonyl (C=O) groups excluding carboxylic acids is 2. The van der Waals surface area contributed by atoms with Crippen molar-refractivity contribution in [3.05, 3.63) is 0 Å². The SMILES string of the molecule is COC(=O)[C@H]1CC(=O)N(OCCC(C)C)C12CCNCC2. The quantitative estimate of drug-likeness (QED) is 0.770. The molecule has 2 saturated heterocycles. The first-order chi connectivity index (χ1) is 10.0. The molecule has 0 aromatic rings. The minimum Gasteiger partial charge on any atom is -0.469 e. The van der Waals surface area contributed by atoms with Crippen molar-refractivity contribution in [3.8, 4) is 0 Å². The molecule has 120 valence electrons. The second kappa shape index (κ2) is 6.75. The molecule has 0 saturated carbocycles. The molecule has 1 amide bonds. The first-order valence-electron chi connectivity index (χ1n) is 7.76. The zero-order chi connectivity index (χ0) is 15.5. The number of hydroxylamine groups is 2. The molecule has 0 aromatic carbocycles. The Morgan fingerprint density at radius 3 is 2.67 bits per heavy atom. The summed E-state index contributed by atoms with van der Waals surface area (Å²) in [7, 11) is 1.38. The van der Waals surface area contributed by atoms with Gasteiger partial charge < -0.3 is 10.1 Å². The summed E-state index contributed by atoms with van der Waals surface area (Å²) in [5.74, 6) is -0.310. The molecular weight excluding hydrogens is 272 g/mol. The van der Waals surface area contributed by atoms with E-state index in [1.165, 1.54) is 12.2 Å². The molecule has 0 unspecified atom stereocenters. The summed E-state index contributed by atoms with van der Waals surface area (Å²) in [4.78, 5) is 30.2. The lowest BCUT2D eigenvalue weighted by Crippen LogP contribution is -2.56. The predicted molar refractivity (Wildman–Crippen MR) is 77.2 cm³/mol. The Balaban J connectivity index is 2.16. The average molecular weight is 298 g/mol. The number of rotatable bonds is 5. The van der Waals surface area contributed by atoms with E-state index < -0.39 is 11.5 Å². The van der Waals surface area contributed by atoms with E-state index in [9.17, 15) is 9.59 Å². The number of nitrogens with one attached hydrogen (secondary N) is 1. The first-order valence-corrected chi connectivity index (χ1v) is 7.76. The number of ether oxygens (including phenoxy) is 1. The number of hydrogen-bond donors (Lipinski definition) is 1. The van der Waals surface area contributed by atoms with Crippen molar-refractivity contribution in [1.29, 1.82) is 0 Å². The topological polar surface area (TPSA) is 67.9 Å². The molecule has 21 heavy (non-hydrogen) atoms. The van der Waals surface area contributed by atoms with Gasteiger partial charge in [0.2, 0.25) is 5.91 Å². The number of nitrogens with zero attached hydrogens (tertiary/aromatic N) is 1. The molecule has 2 fully saturated rings. The highest BCUT2D eigenvalue weighted by molar-refractivity contribution is 5.88. The largest absolute Gasteiger partial charge is 0.469 e. The number of esters is 1. The normalized spacial score (nSPS) is 24.9. The van der Waals surface area contributed by atoms with Gasteiger partial charge >= 0.3 is 5.97 Å². The molecule has 0 radical (unpaired) electrons. The molecule has 2 heterocycles. The summed E-state index contributed by atoms with van der Waals surface area (Å²) in [5, 5.41) is 4.78. The number of methoxy groups -OCH3 is 1. The highest BCUT2D eigenvalue weighted by atomic mass is 16.7. The molecule has 6 heteroatoms. The van der Waals surface area contributed by atoms with E-state index >= 15 is 0 Å². The molecular formula is C15H26N2O4. The van der Waals surface area contributed by atoms with Crippen LogP contribution in [-0.2, 0) is 19.2 Å². The lowest BCUT2D eigenvalue weighted by atomic mass is 9.78. The van der Waals surface area contributed by atoms with Crippen molar-refractivity contribution >= 4 is 11.9 Å². The first kappa shape index (κ1) is 16.2. The van der Waals surface area contributed by atoms with Crippen LogP contribution in [0.4, 0.5) is 0 Å². The third-order valence-electron chi connectivity index (χ3n) is 4.53. The summed E-state index contributed by atoms with van der Waals surface area (Å²) in [5.41, 5.74) is -0.535. The third kappa shape index (κ3) is 3.21. The van der Waals surface area contributed by atoms with Gasteiger partial charge in [-0.2, -0.15) is 0 Å². The van der Waals surface area contributed by atoms with Gasteiger partial charge in [0.1, 0.15) is 0 Å². The maximum Gasteiger partial charge on any atom is 0.311 e. The maximum absolute atomic E-state index is 12.3. The van der Waals surface area contributed by atoms with Gasteiger partial charge in [-0.1, -0.05) is 13.8 Å². The van der Waals surface area contributed by atoms with Gasteiger partial charge in [0.15, 0.2) is 0 Å². The molecule has 0 aliphatic carbocycles. The van der Waals surface area contributed by atoms with E-state index in [0.717, 1.165) is 32.4 Å². The second-order valence-corrected chi connectivity index (χ2v) is 6.34. The lowest BCUT2D eigenvalue weighted by Gasteiger charge is -2.43. The minimum absolute atomic E-state index is 0.101. The van der Waals surface area contributed by atoms with Gasteiger partial charge in [0.05, 0.1) is 25.2 Å². The van der Waals surface area contributed by atoms with Gasteiger partial charge in [0.25, 0.3) is 0 Å². The summed E-state index contributed by atoms with van der Waals surface area (Å²) >= 11 is 0. The fraction of sp³-hybridized carbons (Fsp3) is 0.867. The van der Waals surface area contributed by atoms with Crippen molar-refractivity contribution in [2.24, 2.45) is 11.8 Å². The van der Waals surface area contributed by atoms with Gasteiger partial charge in [-0.15, -0.1) is 0 Å². The smallest absolute Gasteiger partial charge is 0.311 e. The number of carbonyl (C=O) groups is 2. The average Bonchev–Trinajstić information content (AvgIpc) is 2.72. The van der Waals surface area contributed by atoms with Crippen LogP contribution >= 0.6 is 0 Å². The van der Waals surface area contributed by atoms with Crippen molar-refractivity contribution in [1.82, 2.24) is 10.4 Å². The van der Waals surface area contributed by atoms with Crippen LogP contribution in [0.25, 0.3) is 0 Å². The highest BCUT2D eigenvalue weighted by Crippen LogP contribution is 2.43. The van der Waals surface area contributed by atoms with Crippen LogP contribution in [0.5, 0.6) is 0 Å². The standard InChI is InChI=1S/C15H26N2O4/c1-11(2)4-9-21-17-13(18)10-12(14(19)20-3)15(17)5-7-16-8-6-15/h11-12,16H,4-10H2,1-3H3/t12-/m1/s1. The maximum atomic E-state index is 12.3. The Morgan fingerprint density at radius 2 is 2.10 bits per heavy atom. The highest BCUT2D eigenvalue weighted by Gasteiger charge is 2.57. The van der Waals surface area contributed by atoms with E-state index in [1.807, 2.05) is 0 Å². The molecule has 2 aliphatic rings. The Morgan fingerprint density at radius 1 is 1.43 bits per heavy atom. The second-order valence-electron chi connectivity index (χ2n) is 6.34. The van der Waals surface area contributed by atoms with Crippen LogP contribution in [0.2, 0.25) is 0 Å². The van der Waals surface area contributed by atoms with Crippen molar-refractivity contribution in [2.75, 3.05) is 26.8 Å². The molecule has 0 bridgehead atoms. The molecule has 1 spiro atoms. The summed E-state index contributed by atoms with van der Waals surface area (Å²) in [6, 6.07) is 0. The van der Waals surface area contributed by atoms with Crippen LogP contribution in [0.1, 0.15) is 39.5 Å². The summed E-state index contributed by atoms with van der Waals surface area (Å²) in [6.45, 7) is 6.31. The Bertz CT molecular complexity index is 391.